The van der Waals surface area contributed by atoms with Crippen molar-refractivity contribution in [3.8, 4) is 0 Å². The summed E-state index contributed by atoms with van der Waals surface area (Å²) in [6.07, 6.45) is 0. The van der Waals surface area contributed by atoms with E-state index in [1.165, 1.54) is 28.0 Å². The molecule has 2 heterocycles. The van der Waals surface area contributed by atoms with Gasteiger partial charge >= 0.3 is 0 Å². The molecule has 5 nitrogen and oxygen atoms in total. The van der Waals surface area contributed by atoms with Crippen molar-refractivity contribution in [3.05, 3.63) is 58.9 Å². The number of halogens is 1. The predicted octanol–water partition coefficient (Wildman–Crippen LogP) is 3.60. The molecular formula is C22H25FN4OS. The third-order valence-corrected chi connectivity index (χ3v) is 6.36. The molecular weight excluding hydrogens is 387 g/mol. The molecule has 1 N–H and O–H groups in total. The molecule has 0 spiro atoms. The summed E-state index contributed by atoms with van der Waals surface area (Å²) in [5, 5.41) is 3.90. The fraction of sp³-hybridized carbons (Fsp3) is 0.364. The van der Waals surface area contributed by atoms with E-state index in [0.29, 0.717) is 6.54 Å². The van der Waals surface area contributed by atoms with Gasteiger partial charge in [-0.25, -0.2) is 9.37 Å². The largest absolute Gasteiger partial charge is 0.351 e. The number of aryl methyl sites for hydroxylation is 2. The molecule has 0 bridgehead atoms. The Morgan fingerprint density at radius 2 is 1.93 bits per heavy atom. The van der Waals surface area contributed by atoms with Gasteiger partial charge < -0.3 is 10.2 Å². The summed E-state index contributed by atoms with van der Waals surface area (Å²) in [6, 6.07) is 10.4. The highest BCUT2D eigenvalue weighted by Gasteiger charge is 2.20. The molecule has 29 heavy (non-hydrogen) atoms. The van der Waals surface area contributed by atoms with Crippen LogP contribution in [0, 0.1) is 19.7 Å². The minimum atomic E-state index is -0.486. The number of benzene rings is 2. The van der Waals surface area contributed by atoms with Crippen LogP contribution in [0.5, 0.6) is 0 Å². The van der Waals surface area contributed by atoms with Crippen LogP contribution in [0.4, 0.5) is 9.52 Å². The summed E-state index contributed by atoms with van der Waals surface area (Å²) in [7, 11) is 0. The third-order valence-electron chi connectivity index (χ3n) is 5.29. The number of piperazine rings is 1. The molecule has 0 unspecified atom stereocenters. The molecule has 4 rings (SSSR count). The maximum absolute atomic E-state index is 13.7. The lowest BCUT2D eigenvalue weighted by Crippen LogP contribution is -2.48. The number of hydrogen-bond acceptors (Lipinski definition) is 5. The normalized spacial score (nSPS) is 15.1. The molecule has 0 aliphatic carbocycles. The fourth-order valence-corrected chi connectivity index (χ4v) is 4.92. The lowest BCUT2D eigenvalue weighted by Gasteiger charge is -2.34. The predicted molar refractivity (Wildman–Crippen MR) is 116 cm³/mol. The van der Waals surface area contributed by atoms with Crippen molar-refractivity contribution in [3.63, 3.8) is 0 Å². The molecule has 1 fully saturated rings. The van der Waals surface area contributed by atoms with E-state index in [1.54, 1.807) is 23.5 Å². The molecule has 1 aromatic heterocycles. The second-order valence-electron chi connectivity index (χ2n) is 7.49. The number of carbonyl (C=O) groups excluding carboxylic acids is 1. The number of carbonyl (C=O) groups is 1. The summed E-state index contributed by atoms with van der Waals surface area (Å²) < 4.78 is 14.9. The third kappa shape index (κ3) is 4.41. The minimum absolute atomic E-state index is 0.0960. The zero-order valence-corrected chi connectivity index (χ0v) is 17.6. The van der Waals surface area contributed by atoms with Crippen molar-refractivity contribution < 1.29 is 9.18 Å². The van der Waals surface area contributed by atoms with Crippen LogP contribution >= 0.6 is 11.3 Å². The van der Waals surface area contributed by atoms with Crippen LogP contribution in [-0.4, -0.2) is 55.1 Å². The van der Waals surface area contributed by atoms with Gasteiger partial charge in [0.2, 0.25) is 0 Å². The van der Waals surface area contributed by atoms with Crippen LogP contribution in [0.25, 0.3) is 10.2 Å². The molecule has 2 aromatic carbocycles. The summed E-state index contributed by atoms with van der Waals surface area (Å²) in [6.45, 7) is 9.17. The van der Waals surface area contributed by atoms with E-state index in [0.717, 1.165) is 43.4 Å². The number of aromatic nitrogens is 1. The fourth-order valence-electron chi connectivity index (χ4n) is 3.73. The van der Waals surface area contributed by atoms with E-state index in [9.17, 15) is 9.18 Å². The van der Waals surface area contributed by atoms with Crippen molar-refractivity contribution in [2.45, 2.75) is 13.8 Å². The van der Waals surface area contributed by atoms with Gasteiger partial charge in [0.25, 0.3) is 5.91 Å². The topological polar surface area (TPSA) is 48.5 Å². The Hall–Kier alpha value is -2.51. The highest BCUT2D eigenvalue weighted by molar-refractivity contribution is 7.22. The Labute approximate surface area is 174 Å². The van der Waals surface area contributed by atoms with Crippen LogP contribution in [0.1, 0.15) is 21.5 Å². The average molecular weight is 413 g/mol. The summed E-state index contributed by atoms with van der Waals surface area (Å²) >= 11 is 1.76. The molecule has 1 aliphatic heterocycles. The van der Waals surface area contributed by atoms with E-state index >= 15 is 0 Å². The summed E-state index contributed by atoms with van der Waals surface area (Å²) in [5.74, 6) is -0.846. The van der Waals surface area contributed by atoms with Crippen molar-refractivity contribution in [1.29, 1.82) is 0 Å². The number of hydrogen-bond donors (Lipinski definition) is 1. The minimum Gasteiger partial charge on any atom is -0.351 e. The average Bonchev–Trinajstić information content (AvgIpc) is 3.13. The molecule has 0 saturated carbocycles. The number of nitrogens with zero attached hydrogens (tertiary/aromatic N) is 3. The maximum atomic E-state index is 13.7. The van der Waals surface area contributed by atoms with Crippen molar-refractivity contribution in [2.24, 2.45) is 0 Å². The van der Waals surface area contributed by atoms with Gasteiger partial charge in [0.05, 0.1) is 15.8 Å². The second-order valence-corrected chi connectivity index (χ2v) is 8.50. The number of nitrogens with one attached hydrogen (secondary N) is 1. The van der Waals surface area contributed by atoms with Gasteiger partial charge in [-0.15, -0.1) is 0 Å². The Kier molecular flexibility index (Phi) is 5.78. The Balaban J connectivity index is 1.28. The molecule has 0 radical (unpaired) electrons. The van der Waals surface area contributed by atoms with Crippen molar-refractivity contribution in [2.75, 3.05) is 44.2 Å². The first kappa shape index (κ1) is 19.8. The van der Waals surface area contributed by atoms with Crippen LogP contribution < -0.4 is 10.2 Å². The molecule has 1 saturated heterocycles. The summed E-state index contributed by atoms with van der Waals surface area (Å²) in [5.41, 5.74) is 3.70. The number of amides is 1. The molecule has 3 aromatic rings. The maximum Gasteiger partial charge on any atom is 0.254 e. The van der Waals surface area contributed by atoms with Crippen LogP contribution in [0.3, 0.4) is 0 Å². The smallest absolute Gasteiger partial charge is 0.254 e. The number of anilines is 1. The first-order valence-electron chi connectivity index (χ1n) is 9.89. The van der Waals surface area contributed by atoms with E-state index in [2.05, 4.69) is 41.1 Å². The Morgan fingerprint density at radius 1 is 1.17 bits per heavy atom. The first-order valence-corrected chi connectivity index (χ1v) is 10.7. The lowest BCUT2D eigenvalue weighted by atomic mass is 10.1. The summed E-state index contributed by atoms with van der Waals surface area (Å²) in [4.78, 5) is 21.6. The first-order chi connectivity index (χ1) is 14.0. The number of rotatable bonds is 5. The van der Waals surface area contributed by atoms with Crippen molar-refractivity contribution >= 4 is 32.6 Å². The number of fused-ring (bicyclic) bond motifs is 1. The van der Waals surface area contributed by atoms with Crippen LogP contribution in [0.2, 0.25) is 0 Å². The van der Waals surface area contributed by atoms with Gasteiger partial charge in [0, 0.05) is 39.3 Å². The van der Waals surface area contributed by atoms with E-state index < -0.39 is 5.82 Å². The van der Waals surface area contributed by atoms with Crippen molar-refractivity contribution in [1.82, 2.24) is 15.2 Å². The van der Waals surface area contributed by atoms with Gasteiger partial charge in [-0.3, -0.25) is 9.69 Å². The van der Waals surface area contributed by atoms with Crippen LogP contribution in [-0.2, 0) is 0 Å². The van der Waals surface area contributed by atoms with Gasteiger partial charge in [-0.05, 0) is 43.2 Å². The Bertz CT molecular complexity index is 1030. The molecule has 1 amide bonds. The van der Waals surface area contributed by atoms with E-state index in [4.69, 9.17) is 4.98 Å². The number of thiazole rings is 1. The monoisotopic (exact) mass is 412 g/mol. The zero-order chi connectivity index (χ0) is 20.4. The molecule has 1 aliphatic rings. The quantitative estimate of drug-likeness (QED) is 0.696. The second kappa shape index (κ2) is 8.47. The van der Waals surface area contributed by atoms with Gasteiger partial charge in [0.1, 0.15) is 5.82 Å². The highest BCUT2D eigenvalue weighted by Crippen LogP contribution is 2.32. The lowest BCUT2D eigenvalue weighted by molar-refractivity contribution is 0.0943. The molecule has 7 heteroatoms. The van der Waals surface area contributed by atoms with Gasteiger partial charge in [0.15, 0.2) is 5.13 Å². The van der Waals surface area contributed by atoms with Crippen LogP contribution in [0.15, 0.2) is 36.4 Å². The highest BCUT2D eigenvalue weighted by atomic mass is 32.1. The molecule has 0 atom stereocenters. The van der Waals surface area contributed by atoms with E-state index in [1.807, 2.05) is 0 Å². The van der Waals surface area contributed by atoms with Gasteiger partial charge in [-0.2, -0.15) is 0 Å². The Morgan fingerprint density at radius 3 is 2.69 bits per heavy atom. The molecule has 152 valence electrons. The zero-order valence-electron chi connectivity index (χ0n) is 16.7. The van der Waals surface area contributed by atoms with Gasteiger partial charge in [-0.1, -0.05) is 29.5 Å². The SMILES string of the molecule is Cc1cc(C)c2nc(N3CCN(CCNC(=O)c4ccccc4F)CC3)sc2c1. The van der Waals surface area contributed by atoms with E-state index in [-0.39, 0.29) is 11.5 Å². The standard InChI is InChI=1S/C22H25FN4OS/c1-15-13-16(2)20-19(14-15)29-22(25-20)27-11-9-26(10-12-27)8-7-24-21(28)17-5-3-4-6-18(17)23/h3-6,13-14H,7-12H2,1-2H3,(H,24,28).